The summed E-state index contributed by atoms with van der Waals surface area (Å²) in [5, 5.41) is 3.31. The first-order chi connectivity index (χ1) is 10.3. The fourth-order valence-electron chi connectivity index (χ4n) is 2.01. The quantitative estimate of drug-likeness (QED) is 0.809. The molecular weight excluding hydrogens is 266 g/mol. The minimum Gasteiger partial charge on any atom is -0.374 e. The van der Waals surface area contributed by atoms with Crippen molar-refractivity contribution in [3.63, 3.8) is 0 Å². The summed E-state index contributed by atoms with van der Waals surface area (Å²) in [6.07, 6.45) is 4.80. The van der Waals surface area contributed by atoms with Crippen molar-refractivity contribution in [3.05, 3.63) is 24.3 Å². The predicted octanol–water partition coefficient (Wildman–Crippen LogP) is 2.72. The summed E-state index contributed by atoms with van der Waals surface area (Å²) in [4.78, 5) is 13.5. The second kappa shape index (κ2) is 7.73. The Hall–Kier alpha value is -1.95. The van der Waals surface area contributed by atoms with Gasteiger partial charge in [-0.25, -0.2) is 15.0 Å². The summed E-state index contributed by atoms with van der Waals surface area (Å²) in [5.41, 5.74) is 0.824. The van der Waals surface area contributed by atoms with Crippen LogP contribution in [-0.4, -0.2) is 32.7 Å². The molecule has 2 aromatic rings. The summed E-state index contributed by atoms with van der Waals surface area (Å²) in [6.45, 7) is 8.98. The number of nitrogens with zero attached hydrogens (tertiary/aromatic N) is 4. The van der Waals surface area contributed by atoms with E-state index in [1.165, 1.54) is 0 Å². The van der Waals surface area contributed by atoms with Crippen LogP contribution in [0.1, 0.15) is 33.0 Å². The van der Waals surface area contributed by atoms with E-state index in [1.54, 1.807) is 6.20 Å². The lowest BCUT2D eigenvalue weighted by Crippen LogP contribution is -2.08. The van der Waals surface area contributed by atoms with Crippen LogP contribution in [0.5, 0.6) is 0 Å². The Morgan fingerprint density at radius 3 is 2.81 bits per heavy atom. The first-order valence-corrected chi connectivity index (χ1v) is 7.49. The number of aromatic nitrogens is 4. The molecule has 1 N–H and O–H groups in total. The number of nitrogens with one attached hydrogen (secondary N) is 1. The topological polar surface area (TPSA) is 64.9 Å². The average Bonchev–Trinajstić information content (AvgIpc) is 2.99. The Kier molecular flexibility index (Phi) is 5.68. The first-order valence-electron chi connectivity index (χ1n) is 7.49. The van der Waals surface area contributed by atoms with Crippen molar-refractivity contribution in [1.29, 1.82) is 0 Å². The average molecular weight is 289 g/mol. The maximum absolute atomic E-state index is 5.43. The van der Waals surface area contributed by atoms with E-state index in [0.29, 0.717) is 19.0 Å². The molecule has 0 saturated heterocycles. The van der Waals surface area contributed by atoms with E-state index in [1.807, 2.05) is 19.2 Å². The van der Waals surface area contributed by atoms with Crippen LogP contribution in [0.2, 0.25) is 0 Å². The lowest BCUT2D eigenvalue weighted by Gasteiger charge is -2.10. The molecule has 6 nitrogen and oxygen atoms in total. The number of hydrogen-bond donors (Lipinski definition) is 1. The normalized spacial score (nSPS) is 10.8. The van der Waals surface area contributed by atoms with Gasteiger partial charge in [-0.05, 0) is 20.3 Å². The van der Waals surface area contributed by atoms with Crippen molar-refractivity contribution in [2.75, 3.05) is 18.5 Å². The van der Waals surface area contributed by atoms with Gasteiger partial charge in [0.05, 0.1) is 0 Å². The fraction of sp³-hybridized carbons (Fsp3) is 0.533. The molecule has 0 atom stereocenters. The summed E-state index contributed by atoms with van der Waals surface area (Å²) in [7, 11) is 0. The number of ether oxygens (including phenoxy) is 1. The smallest absolute Gasteiger partial charge is 0.158 e. The van der Waals surface area contributed by atoms with Crippen LogP contribution in [0, 0.1) is 0 Å². The van der Waals surface area contributed by atoms with Gasteiger partial charge in [-0.1, -0.05) is 6.92 Å². The molecule has 2 rings (SSSR count). The van der Waals surface area contributed by atoms with Crippen molar-refractivity contribution < 1.29 is 4.74 Å². The molecule has 0 spiro atoms. The molecule has 21 heavy (non-hydrogen) atoms. The van der Waals surface area contributed by atoms with Gasteiger partial charge in [0, 0.05) is 38.2 Å². The van der Waals surface area contributed by atoms with Crippen LogP contribution in [0.25, 0.3) is 11.5 Å². The van der Waals surface area contributed by atoms with Gasteiger partial charge in [0.2, 0.25) is 0 Å². The van der Waals surface area contributed by atoms with E-state index in [4.69, 9.17) is 4.74 Å². The van der Waals surface area contributed by atoms with E-state index in [2.05, 4.69) is 38.7 Å². The van der Waals surface area contributed by atoms with Gasteiger partial charge in [-0.15, -0.1) is 0 Å². The summed E-state index contributed by atoms with van der Waals surface area (Å²) in [5.74, 6) is 2.36. The van der Waals surface area contributed by atoms with Crippen LogP contribution in [0.15, 0.2) is 18.5 Å². The van der Waals surface area contributed by atoms with Crippen molar-refractivity contribution in [2.24, 2.45) is 0 Å². The molecular formula is C15H23N5O. The van der Waals surface area contributed by atoms with Crippen LogP contribution in [0.3, 0.4) is 0 Å². The number of hydrogen-bond acceptors (Lipinski definition) is 5. The molecule has 0 fully saturated rings. The molecule has 2 heterocycles. The van der Waals surface area contributed by atoms with E-state index in [-0.39, 0.29) is 0 Å². The van der Waals surface area contributed by atoms with Crippen LogP contribution in [-0.2, 0) is 17.9 Å². The van der Waals surface area contributed by atoms with Gasteiger partial charge >= 0.3 is 0 Å². The van der Waals surface area contributed by atoms with Gasteiger partial charge in [0.15, 0.2) is 11.6 Å². The second-order valence-corrected chi connectivity index (χ2v) is 4.66. The third-order valence-electron chi connectivity index (χ3n) is 3.05. The fourth-order valence-corrected chi connectivity index (χ4v) is 2.01. The Balaban J connectivity index is 2.34. The molecule has 6 heteroatoms. The molecule has 0 saturated carbocycles. The molecule has 114 valence electrons. The Labute approximate surface area is 125 Å². The van der Waals surface area contributed by atoms with Crippen molar-refractivity contribution in [3.8, 4) is 11.5 Å². The van der Waals surface area contributed by atoms with Gasteiger partial charge in [0.1, 0.15) is 18.1 Å². The van der Waals surface area contributed by atoms with E-state index in [0.717, 1.165) is 36.8 Å². The highest BCUT2D eigenvalue weighted by molar-refractivity contribution is 5.55. The highest BCUT2D eigenvalue weighted by Crippen LogP contribution is 2.19. The second-order valence-electron chi connectivity index (χ2n) is 4.66. The number of rotatable bonds is 8. The van der Waals surface area contributed by atoms with Crippen molar-refractivity contribution in [1.82, 2.24) is 19.5 Å². The molecule has 0 aromatic carbocycles. The van der Waals surface area contributed by atoms with Gasteiger partial charge in [0.25, 0.3) is 0 Å². The predicted molar refractivity (Wildman–Crippen MR) is 83.0 cm³/mol. The monoisotopic (exact) mass is 289 g/mol. The third kappa shape index (κ3) is 4.01. The largest absolute Gasteiger partial charge is 0.374 e. The van der Waals surface area contributed by atoms with Crippen molar-refractivity contribution >= 4 is 5.82 Å². The SMILES string of the molecule is CCCNc1cc(-c2nccn2CC)nc(COCC)n1. The molecule has 2 aromatic heterocycles. The number of anilines is 1. The lowest BCUT2D eigenvalue weighted by atomic mass is 10.3. The molecule has 0 amide bonds. The minimum absolute atomic E-state index is 0.415. The van der Waals surface area contributed by atoms with E-state index < -0.39 is 0 Å². The Morgan fingerprint density at radius 1 is 1.24 bits per heavy atom. The third-order valence-corrected chi connectivity index (χ3v) is 3.05. The van der Waals surface area contributed by atoms with E-state index in [9.17, 15) is 0 Å². The van der Waals surface area contributed by atoms with Gasteiger partial charge in [-0.3, -0.25) is 0 Å². The van der Waals surface area contributed by atoms with Crippen LogP contribution < -0.4 is 5.32 Å². The first kappa shape index (κ1) is 15.4. The molecule has 0 aliphatic carbocycles. The Bertz CT molecular complexity index is 541. The minimum atomic E-state index is 0.415. The summed E-state index contributed by atoms with van der Waals surface area (Å²) in [6, 6.07) is 1.94. The standard InChI is InChI=1S/C15H23N5O/c1-4-7-16-13-10-12(15-17-8-9-20(15)5-2)18-14(19-13)11-21-6-3/h8-10H,4-7,11H2,1-3H3,(H,16,18,19). The Morgan fingerprint density at radius 2 is 2.10 bits per heavy atom. The molecule has 0 unspecified atom stereocenters. The maximum atomic E-state index is 5.43. The molecule has 0 aliphatic heterocycles. The van der Waals surface area contributed by atoms with E-state index >= 15 is 0 Å². The highest BCUT2D eigenvalue weighted by Gasteiger charge is 2.11. The lowest BCUT2D eigenvalue weighted by molar-refractivity contribution is 0.128. The molecule has 0 radical (unpaired) electrons. The van der Waals surface area contributed by atoms with Crippen LogP contribution >= 0.6 is 0 Å². The zero-order valence-electron chi connectivity index (χ0n) is 13.0. The van der Waals surface area contributed by atoms with Crippen molar-refractivity contribution in [2.45, 2.75) is 40.3 Å². The summed E-state index contributed by atoms with van der Waals surface area (Å²) >= 11 is 0. The highest BCUT2D eigenvalue weighted by atomic mass is 16.5. The molecule has 0 aliphatic rings. The molecule has 0 bridgehead atoms. The van der Waals surface area contributed by atoms with Gasteiger partial charge in [-0.2, -0.15) is 0 Å². The number of aryl methyl sites for hydroxylation is 1. The zero-order valence-corrected chi connectivity index (χ0v) is 13.0. The van der Waals surface area contributed by atoms with Gasteiger partial charge < -0.3 is 14.6 Å². The summed E-state index contributed by atoms with van der Waals surface area (Å²) < 4.78 is 7.49. The maximum Gasteiger partial charge on any atom is 0.158 e. The zero-order chi connectivity index (χ0) is 15.1. The number of imidazole rings is 1. The van der Waals surface area contributed by atoms with Crippen LogP contribution in [0.4, 0.5) is 5.82 Å².